The van der Waals surface area contributed by atoms with Crippen molar-refractivity contribution in [2.24, 2.45) is 5.92 Å². The van der Waals surface area contributed by atoms with Gasteiger partial charge in [0.2, 0.25) is 5.91 Å². The van der Waals surface area contributed by atoms with Gasteiger partial charge in [-0.05, 0) is 25.0 Å². The summed E-state index contributed by atoms with van der Waals surface area (Å²) in [6, 6.07) is 7.54. The van der Waals surface area contributed by atoms with Crippen LogP contribution < -0.4 is 10.1 Å². The lowest BCUT2D eigenvalue weighted by molar-refractivity contribution is -0.130. The second-order valence-electron chi connectivity index (χ2n) is 5.81. The second kappa shape index (κ2) is 9.07. The number of nitrogens with one attached hydrogen (secondary N) is 1. The van der Waals surface area contributed by atoms with Crippen molar-refractivity contribution >= 4 is 11.8 Å². The van der Waals surface area contributed by atoms with Gasteiger partial charge in [-0.2, -0.15) is 0 Å². The van der Waals surface area contributed by atoms with E-state index in [9.17, 15) is 9.59 Å². The fraction of sp³-hybridized carbons (Fsp3) is 0.529. The topological polar surface area (TPSA) is 58.6 Å². The lowest BCUT2D eigenvalue weighted by atomic mass is 10.2. The summed E-state index contributed by atoms with van der Waals surface area (Å²) >= 11 is 0. The molecule has 0 aliphatic heterocycles. The van der Waals surface area contributed by atoms with Crippen molar-refractivity contribution in [3.63, 3.8) is 0 Å². The highest BCUT2D eigenvalue weighted by Crippen LogP contribution is 2.10. The minimum Gasteiger partial charge on any atom is -0.484 e. The van der Waals surface area contributed by atoms with E-state index in [4.69, 9.17) is 4.74 Å². The Bertz CT molecular complexity index is 483. The van der Waals surface area contributed by atoms with Gasteiger partial charge >= 0.3 is 0 Å². The summed E-state index contributed by atoms with van der Waals surface area (Å²) in [5, 5.41) is 2.77. The van der Waals surface area contributed by atoms with Crippen LogP contribution in [0.3, 0.4) is 0 Å². The molecule has 5 heteroatoms. The summed E-state index contributed by atoms with van der Waals surface area (Å²) in [6.07, 6.45) is 0. The average Bonchev–Trinajstić information content (AvgIpc) is 2.45. The van der Waals surface area contributed by atoms with Gasteiger partial charge < -0.3 is 15.0 Å². The van der Waals surface area contributed by atoms with Crippen LogP contribution >= 0.6 is 0 Å². The number of carbonyl (C=O) groups is 2. The number of hydrogen-bond acceptors (Lipinski definition) is 3. The lowest BCUT2D eigenvalue weighted by Crippen LogP contribution is -2.40. The summed E-state index contributed by atoms with van der Waals surface area (Å²) in [5.41, 5.74) is 1.14. The van der Waals surface area contributed by atoms with Crippen LogP contribution in [0.2, 0.25) is 0 Å². The highest BCUT2D eigenvalue weighted by Gasteiger charge is 2.11. The number of aryl methyl sites for hydroxylation is 1. The van der Waals surface area contributed by atoms with Gasteiger partial charge in [-0.1, -0.05) is 31.5 Å². The third-order valence-electron chi connectivity index (χ3n) is 3.13. The van der Waals surface area contributed by atoms with Crippen molar-refractivity contribution in [1.82, 2.24) is 10.2 Å². The van der Waals surface area contributed by atoms with E-state index in [1.54, 1.807) is 11.8 Å². The maximum Gasteiger partial charge on any atom is 0.258 e. The molecule has 1 rings (SSSR count). The van der Waals surface area contributed by atoms with E-state index in [2.05, 4.69) is 19.2 Å². The van der Waals surface area contributed by atoms with E-state index in [0.29, 0.717) is 31.3 Å². The number of amides is 2. The Balaban J connectivity index is 2.27. The van der Waals surface area contributed by atoms with Crippen LogP contribution in [0.4, 0.5) is 0 Å². The van der Waals surface area contributed by atoms with Gasteiger partial charge in [0, 0.05) is 26.6 Å². The summed E-state index contributed by atoms with van der Waals surface area (Å²) in [7, 11) is 0. The molecule has 0 unspecified atom stereocenters. The van der Waals surface area contributed by atoms with Crippen LogP contribution in [0.5, 0.6) is 5.75 Å². The van der Waals surface area contributed by atoms with Crippen LogP contribution in [0.1, 0.15) is 26.3 Å². The number of benzene rings is 1. The number of hydrogen-bond donors (Lipinski definition) is 1. The van der Waals surface area contributed by atoms with Gasteiger partial charge in [0.25, 0.3) is 5.91 Å². The summed E-state index contributed by atoms with van der Waals surface area (Å²) in [4.78, 5) is 24.9. The van der Waals surface area contributed by atoms with Crippen molar-refractivity contribution < 1.29 is 14.3 Å². The smallest absolute Gasteiger partial charge is 0.258 e. The summed E-state index contributed by atoms with van der Waals surface area (Å²) < 4.78 is 5.40. The van der Waals surface area contributed by atoms with Crippen molar-refractivity contribution in [3.05, 3.63) is 29.8 Å². The van der Waals surface area contributed by atoms with Gasteiger partial charge in [-0.25, -0.2) is 0 Å². The first-order chi connectivity index (χ1) is 10.4. The third kappa shape index (κ3) is 7.11. The molecule has 122 valence electrons. The zero-order valence-electron chi connectivity index (χ0n) is 13.9. The molecule has 1 aromatic rings. The molecule has 0 bridgehead atoms. The van der Waals surface area contributed by atoms with Gasteiger partial charge in [0.15, 0.2) is 6.61 Å². The monoisotopic (exact) mass is 306 g/mol. The van der Waals surface area contributed by atoms with E-state index in [-0.39, 0.29) is 18.4 Å². The average molecular weight is 306 g/mol. The lowest BCUT2D eigenvalue weighted by Gasteiger charge is -2.23. The quantitative estimate of drug-likeness (QED) is 0.799. The van der Waals surface area contributed by atoms with E-state index in [1.165, 1.54) is 0 Å². The largest absolute Gasteiger partial charge is 0.484 e. The molecule has 1 aromatic carbocycles. The Morgan fingerprint density at radius 2 is 1.86 bits per heavy atom. The molecule has 1 N–H and O–H groups in total. The van der Waals surface area contributed by atoms with Crippen molar-refractivity contribution in [3.8, 4) is 5.75 Å². The molecule has 0 aliphatic carbocycles. The van der Waals surface area contributed by atoms with Crippen molar-refractivity contribution in [2.45, 2.75) is 27.7 Å². The predicted molar refractivity (Wildman–Crippen MR) is 86.8 cm³/mol. The third-order valence-corrected chi connectivity index (χ3v) is 3.13. The number of ether oxygens (including phenoxy) is 1. The molecule has 5 nitrogen and oxygen atoms in total. The highest BCUT2D eigenvalue weighted by molar-refractivity contribution is 5.77. The van der Waals surface area contributed by atoms with Gasteiger partial charge in [0.05, 0.1) is 0 Å². The van der Waals surface area contributed by atoms with Crippen molar-refractivity contribution in [1.29, 1.82) is 0 Å². The normalized spacial score (nSPS) is 10.4. The second-order valence-corrected chi connectivity index (χ2v) is 5.81. The standard InChI is InChI=1S/C17H26N2O3/c1-13(2)11-19(15(4)20)10-9-18-17(21)12-22-16-7-5-14(3)6-8-16/h5-8,13H,9-12H2,1-4H3,(H,18,21). The van der Waals surface area contributed by atoms with Crippen LogP contribution in [0.15, 0.2) is 24.3 Å². The molecule has 22 heavy (non-hydrogen) atoms. The first-order valence-corrected chi connectivity index (χ1v) is 7.60. The fourth-order valence-electron chi connectivity index (χ4n) is 1.98. The zero-order valence-corrected chi connectivity index (χ0v) is 13.9. The van der Waals surface area contributed by atoms with E-state index in [1.807, 2.05) is 31.2 Å². The molecule has 0 saturated carbocycles. The first kappa shape index (κ1) is 18.0. The van der Waals surface area contributed by atoms with Crippen LogP contribution in [0, 0.1) is 12.8 Å². The number of nitrogens with zero attached hydrogens (tertiary/aromatic N) is 1. The highest BCUT2D eigenvalue weighted by atomic mass is 16.5. The Morgan fingerprint density at radius 3 is 2.41 bits per heavy atom. The molecule has 0 fully saturated rings. The molecule has 0 aliphatic rings. The minimum absolute atomic E-state index is 0.0205. The van der Waals surface area contributed by atoms with Crippen molar-refractivity contribution in [2.75, 3.05) is 26.2 Å². The number of carbonyl (C=O) groups excluding carboxylic acids is 2. The molecule has 0 aromatic heterocycles. The molecule has 2 amide bonds. The Kier molecular flexibility index (Phi) is 7.43. The Hall–Kier alpha value is -2.04. The van der Waals surface area contributed by atoms with E-state index >= 15 is 0 Å². The van der Waals surface area contributed by atoms with Gasteiger partial charge in [-0.3, -0.25) is 9.59 Å². The predicted octanol–water partition coefficient (Wildman–Crippen LogP) is 1.99. The maximum absolute atomic E-state index is 11.7. The van der Waals surface area contributed by atoms with Crippen LogP contribution in [0.25, 0.3) is 0 Å². The molecule has 0 heterocycles. The molecular formula is C17H26N2O3. The zero-order chi connectivity index (χ0) is 16.5. The van der Waals surface area contributed by atoms with Crippen LogP contribution in [-0.4, -0.2) is 43.0 Å². The molecule has 0 saturated heterocycles. The fourth-order valence-corrected chi connectivity index (χ4v) is 1.98. The molecule has 0 atom stereocenters. The minimum atomic E-state index is -0.186. The SMILES string of the molecule is CC(=O)N(CCNC(=O)COc1ccc(C)cc1)CC(C)C. The Labute approximate surface area is 132 Å². The Morgan fingerprint density at radius 1 is 1.23 bits per heavy atom. The molecule has 0 radical (unpaired) electrons. The molecular weight excluding hydrogens is 280 g/mol. The van der Waals surface area contributed by atoms with Crippen LogP contribution in [-0.2, 0) is 9.59 Å². The van der Waals surface area contributed by atoms with E-state index in [0.717, 1.165) is 5.56 Å². The first-order valence-electron chi connectivity index (χ1n) is 7.60. The molecule has 0 spiro atoms. The maximum atomic E-state index is 11.7. The summed E-state index contributed by atoms with van der Waals surface area (Å²) in [5.74, 6) is 0.919. The number of rotatable bonds is 8. The van der Waals surface area contributed by atoms with Gasteiger partial charge in [-0.15, -0.1) is 0 Å². The van der Waals surface area contributed by atoms with Gasteiger partial charge in [0.1, 0.15) is 5.75 Å². The summed E-state index contributed by atoms with van der Waals surface area (Å²) in [6.45, 7) is 9.29. The van der Waals surface area contributed by atoms with E-state index < -0.39 is 0 Å².